The van der Waals surface area contributed by atoms with Gasteiger partial charge in [-0.25, -0.2) is 9.97 Å². The number of aryl methyl sites for hydroxylation is 1. The maximum Gasteiger partial charge on any atom is 0.316 e. The quantitative estimate of drug-likeness (QED) is 0.725. The standard InChI is InChI=1S/C11H17N3O3/c1-8(15)5-12-10(16)4-3-9-6-13-11(17-2)14-7-9/h6-8,15H,3-5H2,1-2H3,(H,12,16). The van der Waals surface area contributed by atoms with Crippen molar-refractivity contribution in [2.24, 2.45) is 0 Å². The number of aromatic nitrogens is 2. The van der Waals surface area contributed by atoms with Gasteiger partial charge >= 0.3 is 6.01 Å². The molecule has 1 amide bonds. The van der Waals surface area contributed by atoms with Crippen LogP contribution < -0.4 is 10.1 Å². The number of aliphatic hydroxyl groups is 1. The fourth-order valence-corrected chi connectivity index (χ4v) is 1.19. The van der Waals surface area contributed by atoms with Crippen molar-refractivity contribution < 1.29 is 14.6 Å². The van der Waals surface area contributed by atoms with Crippen LogP contribution in [-0.2, 0) is 11.2 Å². The Labute approximate surface area is 100 Å². The summed E-state index contributed by atoms with van der Waals surface area (Å²) in [6, 6.07) is 0.312. The second-order valence-electron chi connectivity index (χ2n) is 3.73. The number of nitrogens with one attached hydrogen (secondary N) is 1. The van der Waals surface area contributed by atoms with Gasteiger partial charge in [-0.1, -0.05) is 0 Å². The number of carbonyl (C=O) groups excluding carboxylic acids is 1. The van der Waals surface area contributed by atoms with E-state index in [4.69, 9.17) is 9.84 Å². The normalized spacial score (nSPS) is 11.9. The van der Waals surface area contributed by atoms with Gasteiger partial charge in [0.1, 0.15) is 0 Å². The predicted molar refractivity (Wildman–Crippen MR) is 61.6 cm³/mol. The third kappa shape index (κ3) is 5.26. The average Bonchev–Trinajstić information content (AvgIpc) is 2.34. The van der Waals surface area contributed by atoms with Gasteiger partial charge < -0.3 is 15.2 Å². The molecule has 1 atom stereocenters. The predicted octanol–water partition coefficient (Wildman–Crippen LogP) is -0.0852. The van der Waals surface area contributed by atoms with Gasteiger partial charge in [-0.15, -0.1) is 0 Å². The molecule has 94 valence electrons. The molecule has 0 aliphatic rings. The topological polar surface area (TPSA) is 84.3 Å². The molecule has 6 heteroatoms. The monoisotopic (exact) mass is 239 g/mol. The van der Waals surface area contributed by atoms with Gasteiger partial charge in [0.15, 0.2) is 0 Å². The Hall–Kier alpha value is -1.69. The van der Waals surface area contributed by atoms with Crippen LogP contribution in [0.2, 0.25) is 0 Å². The number of carbonyl (C=O) groups is 1. The first-order valence-corrected chi connectivity index (χ1v) is 5.41. The Kier molecular flexibility index (Phi) is 5.35. The molecule has 1 rings (SSSR count). The molecule has 0 bridgehead atoms. The van der Waals surface area contributed by atoms with Gasteiger partial charge in [-0.2, -0.15) is 0 Å². The van der Waals surface area contributed by atoms with Gasteiger partial charge in [0.25, 0.3) is 0 Å². The molecule has 0 fully saturated rings. The zero-order valence-electron chi connectivity index (χ0n) is 10.0. The highest BCUT2D eigenvalue weighted by Crippen LogP contribution is 2.04. The maximum absolute atomic E-state index is 11.4. The van der Waals surface area contributed by atoms with Crippen molar-refractivity contribution in [2.45, 2.75) is 25.9 Å². The summed E-state index contributed by atoms with van der Waals surface area (Å²) in [5.41, 5.74) is 0.873. The molecule has 2 N–H and O–H groups in total. The Morgan fingerprint density at radius 2 is 2.18 bits per heavy atom. The van der Waals surface area contributed by atoms with Crippen molar-refractivity contribution in [2.75, 3.05) is 13.7 Å². The van der Waals surface area contributed by atoms with Crippen molar-refractivity contribution in [1.82, 2.24) is 15.3 Å². The van der Waals surface area contributed by atoms with Crippen LogP contribution in [0.5, 0.6) is 6.01 Å². The van der Waals surface area contributed by atoms with E-state index in [2.05, 4.69) is 15.3 Å². The molecule has 0 aliphatic carbocycles. The number of hydrogen-bond acceptors (Lipinski definition) is 5. The third-order valence-electron chi connectivity index (χ3n) is 2.10. The zero-order valence-corrected chi connectivity index (χ0v) is 10.0. The van der Waals surface area contributed by atoms with Crippen molar-refractivity contribution in [3.05, 3.63) is 18.0 Å². The van der Waals surface area contributed by atoms with E-state index in [0.717, 1.165) is 5.56 Å². The van der Waals surface area contributed by atoms with Gasteiger partial charge in [-0.3, -0.25) is 4.79 Å². The van der Waals surface area contributed by atoms with Crippen molar-refractivity contribution >= 4 is 5.91 Å². The molecule has 0 saturated carbocycles. The van der Waals surface area contributed by atoms with E-state index in [1.807, 2.05) is 0 Å². The van der Waals surface area contributed by atoms with Crippen LogP contribution in [0.15, 0.2) is 12.4 Å². The summed E-state index contributed by atoms with van der Waals surface area (Å²) in [7, 11) is 1.50. The number of aliphatic hydroxyl groups excluding tert-OH is 1. The summed E-state index contributed by atoms with van der Waals surface area (Å²) in [6.45, 7) is 1.90. The lowest BCUT2D eigenvalue weighted by Gasteiger charge is -2.06. The van der Waals surface area contributed by atoms with E-state index in [9.17, 15) is 4.79 Å². The summed E-state index contributed by atoms with van der Waals surface area (Å²) in [5.74, 6) is -0.0956. The van der Waals surface area contributed by atoms with Crippen LogP contribution in [0.4, 0.5) is 0 Å². The Morgan fingerprint density at radius 1 is 1.53 bits per heavy atom. The lowest BCUT2D eigenvalue weighted by atomic mass is 10.2. The minimum atomic E-state index is -0.525. The van der Waals surface area contributed by atoms with Gasteiger partial charge in [0, 0.05) is 25.4 Å². The molecule has 1 aromatic heterocycles. The third-order valence-corrected chi connectivity index (χ3v) is 2.10. The van der Waals surface area contributed by atoms with Crippen molar-refractivity contribution in [3.63, 3.8) is 0 Å². The second-order valence-corrected chi connectivity index (χ2v) is 3.73. The first kappa shape index (κ1) is 13.4. The Bertz CT molecular complexity index is 351. The largest absolute Gasteiger partial charge is 0.467 e. The minimum Gasteiger partial charge on any atom is -0.467 e. The highest BCUT2D eigenvalue weighted by atomic mass is 16.5. The van der Waals surface area contributed by atoms with Crippen LogP contribution in [0, 0.1) is 0 Å². The lowest BCUT2D eigenvalue weighted by molar-refractivity contribution is -0.121. The SMILES string of the molecule is COc1ncc(CCC(=O)NCC(C)O)cn1. The average molecular weight is 239 g/mol. The van der Waals surface area contributed by atoms with E-state index in [0.29, 0.717) is 18.9 Å². The second kappa shape index (κ2) is 6.80. The fourth-order valence-electron chi connectivity index (χ4n) is 1.19. The molecule has 6 nitrogen and oxygen atoms in total. The summed E-state index contributed by atoms with van der Waals surface area (Å²) >= 11 is 0. The van der Waals surface area contributed by atoms with E-state index in [1.165, 1.54) is 7.11 Å². The van der Waals surface area contributed by atoms with Crippen LogP contribution in [-0.4, -0.2) is 40.7 Å². The number of amides is 1. The molecule has 1 aromatic rings. The molecule has 1 unspecified atom stereocenters. The van der Waals surface area contributed by atoms with E-state index in [1.54, 1.807) is 19.3 Å². The molecule has 0 saturated heterocycles. The molecule has 0 spiro atoms. The zero-order chi connectivity index (χ0) is 12.7. The number of hydrogen-bond donors (Lipinski definition) is 2. The van der Waals surface area contributed by atoms with E-state index >= 15 is 0 Å². The smallest absolute Gasteiger partial charge is 0.316 e. The van der Waals surface area contributed by atoms with Gasteiger partial charge in [0.2, 0.25) is 5.91 Å². The molecule has 0 aliphatic heterocycles. The van der Waals surface area contributed by atoms with E-state index in [-0.39, 0.29) is 12.5 Å². The Morgan fingerprint density at radius 3 is 2.71 bits per heavy atom. The molecule has 0 radical (unpaired) electrons. The van der Waals surface area contributed by atoms with Crippen molar-refractivity contribution in [1.29, 1.82) is 0 Å². The van der Waals surface area contributed by atoms with Crippen LogP contribution in [0.25, 0.3) is 0 Å². The van der Waals surface area contributed by atoms with Crippen LogP contribution >= 0.6 is 0 Å². The molecular weight excluding hydrogens is 222 g/mol. The summed E-state index contributed by atoms with van der Waals surface area (Å²) in [5, 5.41) is 11.6. The summed E-state index contributed by atoms with van der Waals surface area (Å²) < 4.78 is 4.83. The highest BCUT2D eigenvalue weighted by molar-refractivity contribution is 5.76. The number of ether oxygens (including phenoxy) is 1. The fraction of sp³-hybridized carbons (Fsp3) is 0.545. The number of nitrogens with zero attached hydrogens (tertiary/aromatic N) is 2. The Balaban J connectivity index is 2.31. The maximum atomic E-state index is 11.4. The first-order valence-electron chi connectivity index (χ1n) is 5.41. The minimum absolute atomic E-state index is 0.0956. The van der Waals surface area contributed by atoms with Gasteiger partial charge in [0.05, 0.1) is 13.2 Å². The highest BCUT2D eigenvalue weighted by Gasteiger charge is 2.04. The molecule has 1 heterocycles. The van der Waals surface area contributed by atoms with Gasteiger partial charge in [-0.05, 0) is 18.9 Å². The molecular formula is C11H17N3O3. The van der Waals surface area contributed by atoms with Crippen molar-refractivity contribution in [3.8, 4) is 6.01 Å². The van der Waals surface area contributed by atoms with Crippen LogP contribution in [0.1, 0.15) is 18.9 Å². The van der Waals surface area contributed by atoms with E-state index < -0.39 is 6.10 Å². The molecule has 17 heavy (non-hydrogen) atoms. The number of rotatable bonds is 6. The first-order chi connectivity index (χ1) is 8.11. The summed E-state index contributed by atoms with van der Waals surface area (Å²) in [6.07, 6.45) is 3.66. The summed E-state index contributed by atoms with van der Waals surface area (Å²) in [4.78, 5) is 19.2. The van der Waals surface area contributed by atoms with Crippen LogP contribution in [0.3, 0.4) is 0 Å². The molecule has 0 aromatic carbocycles. The lowest BCUT2D eigenvalue weighted by Crippen LogP contribution is -2.30. The number of methoxy groups -OCH3 is 1.